The number of nitrogens with zero attached hydrogens (tertiary/aromatic N) is 1. The minimum atomic E-state index is -4.43. The molecule has 2 amide bonds. The first-order valence-corrected chi connectivity index (χ1v) is 8.21. The highest BCUT2D eigenvalue weighted by atomic mass is 32.1. The first-order chi connectivity index (χ1) is 11.4. The second-order valence-electron chi connectivity index (χ2n) is 5.40. The third-order valence-corrected chi connectivity index (χ3v) is 4.47. The maximum atomic E-state index is 12.6. The lowest BCUT2D eigenvalue weighted by molar-refractivity contribution is -0.137. The van der Waals surface area contributed by atoms with Crippen LogP contribution in [-0.4, -0.2) is 30.1 Å². The first-order valence-electron chi connectivity index (χ1n) is 7.33. The van der Waals surface area contributed by atoms with Crippen molar-refractivity contribution in [1.29, 1.82) is 0 Å². The van der Waals surface area contributed by atoms with Gasteiger partial charge in [0.1, 0.15) is 0 Å². The molecule has 3 N–H and O–H groups in total. The molecule has 5 nitrogen and oxygen atoms in total. The van der Waals surface area contributed by atoms with Crippen LogP contribution in [0, 0.1) is 0 Å². The molecule has 1 aromatic carbocycles. The summed E-state index contributed by atoms with van der Waals surface area (Å²) in [6.07, 6.45) is -3.55. The highest BCUT2D eigenvalue weighted by molar-refractivity contribution is 7.10. The molecule has 2 aromatic rings. The second-order valence-corrected chi connectivity index (χ2v) is 6.26. The van der Waals surface area contributed by atoms with Gasteiger partial charge in [0.15, 0.2) is 5.01 Å². The number of nitrogens with one attached hydrogen (secondary N) is 3. The van der Waals surface area contributed by atoms with Crippen LogP contribution in [0.2, 0.25) is 0 Å². The zero-order chi connectivity index (χ0) is 17.2. The van der Waals surface area contributed by atoms with Gasteiger partial charge in [-0.3, -0.25) is 0 Å². The van der Waals surface area contributed by atoms with Gasteiger partial charge in [0.25, 0.3) is 0 Å². The van der Waals surface area contributed by atoms with Crippen LogP contribution in [-0.2, 0) is 6.18 Å². The number of carbonyl (C=O) groups is 1. The zero-order valence-electron chi connectivity index (χ0n) is 12.5. The number of hydrogen-bond acceptors (Lipinski definition) is 4. The van der Waals surface area contributed by atoms with Gasteiger partial charge in [0.05, 0.1) is 5.69 Å². The zero-order valence-corrected chi connectivity index (χ0v) is 13.3. The average Bonchev–Trinajstić information content (AvgIpc) is 3.18. The van der Waals surface area contributed by atoms with Crippen LogP contribution >= 0.6 is 11.3 Å². The minimum Gasteiger partial charge on any atom is -0.334 e. The largest absolute Gasteiger partial charge is 0.443 e. The molecule has 1 atom stereocenters. The number of carbonyl (C=O) groups excluding carboxylic acids is 1. The monoisotopic (exact) mass is 356 g/mol. The molecular weight excluding hydrogens is 341 g/mol. The van der Waals surface area contributed by atoms with Crippen molar-refractivity contribution in [1.82, 2.24) is 15.6 Å². The fourth-order valence-electron chi connectivity index (χ4n) is 2.39. The molecule has 128 valence electrons. The van der Waals surface area contributed by atoms with Crippen molar-refractivity contribution in [3.05, 3.63) is 34.7 Å². The van der Waals surface area contributed by atoms with Gasteiger partial charge >= 0.3 is 12.2 Å². The van der Waals surface area contributed by atoms with E-state index in [1.165, 1.54) is 5.38 Å². The number of amides is 2. The Balaban J connectivity index is 1.62. The quantitative estimate of drug-likeness (QED) is 0.790. The maximum Gasteiger partial charge on any atom is 0.443 e. The van der Waals surface area contributed by atoms with E-state index in [1.54, 1.807) is 24.3 Å². The Morgan fingerprint density at radius 2 is 2.04 bits per heavy atom. The Kier molecular flexibility index (Phi) is 4.72. The van der Waals surface area contributed by atoms with Crippen LogP contribution in [0.4, 0.5) is 23.7 Å². The molecule has 0 spiro atoms. The van der Waals surface area contributed by atoms with E-state index in [-0.39, 0.29) is 17.8 Å². The van der Waals surface area contributed by atoms with Crippen LogP contribution in [0.1, 0.15) is 11.4 Å². The van der Waals surface area contributed by atoms with Gasteiger partial charge in [-0.1, -0.05) is 12.1 Å². The summed E-state index contributed by atoms with van der Waals surface area (Å²) in [6.45, 7) is 1.63. The van der Waals surface area contributed by atoms with E-state index in [0.29, 0.717) is 22.6 Å². The fourth-order valence-corrected chi connectivity index (χ4v) is 3.09. The Hall–Kier alpha value is -2.13. The molecule has 0 saturated carbocycles. The van der Waals surface area contributed by atoms with Gasteiger partial charge in [-0.15, -0.1) is 11.3 Å². The van der Waals surface area contributed by atoms with Gasteiger partial charge in [-0.25, -0.2) is 9.78 Å². The van der Waals surface area contributed by atoms with E-state index in [2.05, 4.69) is 20.9 Å². The molecule has 1 fully saturated rings. The molecule has 1 saturated heterocycles. The van der Waals surface area contributed by atoms with E-state index < -0.39 is 11.2 Å². The Morgan fingerprint density at radius 3 is 2.62 bits per heavy atom. The minimum absolute atomic E-state index is 0.111. The Morgan fingerprint density at radius 1 is 1.29 bits per heavy atom. The second kappa shape index (κ2) is 6.78. The predicted octanol–water partition coefficient (Wildman–Crippen LogP) is 3.31. The van der Waals surface area contributed by atoms with Crippen molar-refractivity contribution in [3.63, 3.8) is 0 Å². The Labute approximate surface area is 140 Å². The summed E-state index contributed by atoms with van der Waals surface area (Å²) in [5.41, 5.74) is 1.39. The summed E-state index contributed by atoms with van der Waals surface area (Å²) < 4.78 is 37.7. The lowest BCUT2D eigenvalue weighted by Gasteiger charge is -2.12. The van der Waals surface area contributed by atoms with Crippen molar-refractivity contribution >= 4 is 23.1 Å². The van der Waals surface area contributed by atoms with Crippen LogP contribution in [0.3, 0.4) is 0 Å². The number of thiazole rings is 1. The third-order valence-electron chi connectivity index (χ3n) is 3.58. The van der Waals surface area contributed by atoms with E-state index in [0.717, 1.165) is 19.5 Å². The van der Waals surface area contributed by atoms with Crippen molar-refractivity contribution < 1.29 is 18.0 Å². The number of halogens is 3. The number of anilines is 1. The predicted molar refractivity (Wildman–Crippen MR) is 86.0 cm³/mol. The average molecular weight is 356 g/mol. The standard InChI is InChI=1S/C15H15F3N4OS/c16-15(17,18)13-22-12(8-24-13)9-1-3-10(4-2-9)20-14(23)21-11-5-6-19-7-11/h1-4,8,11,19H,5-7H2,(H2,20,21,23). The highest BCUT2D eigenvalue weighted by Crippen LogP contribution is 2.34. The number of rotatable bonds is 3. The molecule has 1 aliphatic rings. The van der Waals surface area contributed by atoms with Gasteiger partial charge < -0.3 is 16.0 Å². The van der Waals surface area contributed by atoms with E-state index in [1.807, 2.05) is 0 Å². The van der Waals surface area contributed by atoms with Gasteiger partial charge in [0, 0.05) is 29.2 Å². The fraction of sp³-hybridized carbons (Fsp3) is 0.333. The van der Waals surface area contributed by atoms with E-state index >= 15 is 0 Å². The van der Waals surface area contributed by atoms with E-state index in [9.17, 15) is 18.0 Å². The van der Waals surface area contributed by atoms with Crippen LogP contribution < -0.4 is 16.0 Å². The molecular formula is C15H15F3N4OS. The number of hydrogen-bond donors (Lipinski definition) is 3. The highest BCUT2D eigenvalue weighted by Gasteiger charge is 2.34. The molecule has 0 radical (unpaired) electrons. The van der Waals surface area contributed by atoms with Crippen molar-refractivity contribution in [2.75, 3.05) is 18.4 Å². The molecule has 0 bridgehead atoms. The molecule has 9 heteroatoms. The van der Waals surface area contributed by atoms with Crippen molar-refractivity contribution in [3.8, 4) is 11.3 Å². The Bertz CT molecular complexity index is 708. The topological polar surface area (TPSA) is 66.0 Å². The molecule has 2 heterocycles. The molecule has 1 unspecified atom stereocenters. The van der Waals surface area contributed by atoms with Gasteiger partial charge in [0.2, 0.25) is 0 Å². The summed E-state index contributed by atoms with van der Waals surface area (Å²) in [5.74, 6) is 0. The van der Waals surface area contributed by atoms with Crippen LogP contribution in [0.5, 0.6) is 0 Å². The number of benzene rings is 1. The SMILES string of the molecule is O=C(Nc1ccc(-c2csc(C(F)(F)F)n2)cc1)NC1CCNC1. The molecule has 0 aliphatic carbocycles. The molecule has 24 heavy (non-hydrogen) atoms. The van der Waals surface area contributed by atoms with Crippen LogP contribution in [0.15, 0.2) is 29.6 Å². The molecule has 1 aliphatic heterocycles. The smallest absolute Gasteiger partial charge is 0.334 e. The summed E-state index contributed by atoms with van der Waals surface area (Å²) >= 11 is 0.562. The summed E-state index contributed by atoms with van der Waals surface area (Å²) in [4.78, 5) is 15.4. The summed E-state index contributed by atoms with van der Waals surface area (Å²) in [5, 5.41) is 9.19. The van der Waals surface area contributed by atoms with Crippen LogP contribution in [0.25, 0.3) is 11.3 Å². The normalized spacial score (nSPS) is 17.7. The summed E-state index contributed by atoms with van der Waals surface area (Å²) in [6, 6.07) is 6.33. The van der Waals surface area contributed by atoms with Gasteiger partial charge in [-0.05, 0) is 25.1 Å². The maximum absolute atomic E-state index is 12.6. The first kappa shape index (κ1) is 16.7. The lowest BCUT2D eigenvalue weighted by Crippen LogP contribution is -2.39. The van der Waals surface area contributed by atoms with Crippen molar-refractivity contribution in [2.24, 2.45) is 0 Å². The van der Waals surface area contributed by atoms with Gasteiger partial charge in [-0.2, -0.15) is 13.2 Å². The molecule has 1 aromatic heterocycles. The summed E-state index contributed by atoms with van der Waals surface area (Å²) in [7, 11) is 0. The lowest BCUT2D eigenvalue weighted by atomic mass is 10.1. The number of aromatic nitrogens is 1. The number of urea groups is 1. The third kappa shape index (κ3) is 4.04. The van der Waals surface area contributed by atoms with E-state index in [4.69, 9.17) is 0 Å². The van der Waals surface area contributed by atoms with Crippen molar-refractivity contribution in [2.45, 2.75) is 18.6 Å². The molecule has 3 rings (SSSR count). The number of alkyl halides is 3.